The van der Waals surface area contributed by atoms with Crippen LogP contribution in [0.4, 0.5) is 0 Å². The van der Waals surface area contributed by atoms with Crippen LogP contribution in [0.25, 0.3) is 0 Å². The molecule has 0 spiro atoms. The maximum Gasteiger partial charge on any atom is 0.138 e. The van der Waals surface area contributed by atoms with Gasteiger partial charge in [0, 0.05) is 13.2 Å². The molecule has 0 aliphatic carbocycles. The molecule has 1 atom stereocenters. The van der Waals surface area contributed by atoms with Crippen molar-refractivity contribution in [1.29, 1.82) is 0 Å². The number of benzene rings is 1. The van der Waals surface area contributed by atoms with Crippen LogP contribution >= 0.6 is 11.6 Å². The Kier molecular flexibility index (Phi) is 9.42. The van der Waals surface area contributed by atoms with Crippen LogP contribution in [0.15, 0.2) is 18.2 Å². The summed E-state index contributed by atoms with van der Waals surface area (Å²) in [5, 5.41) is 13.6. The summed E-state index contributed by atoms with van der Waals surface area (Å²) in [4.78, 5) is 0. The molecular weight excluding hydrogens is 290 g/mol. The summed E-state index contributed by atoms with van der Waals surface area (Å²) in [6, 6.07) is 5.68. The first kappa shape index (κ1) is 18.2. The highest BCUT2D eigenvalue weighted by Crippen LogP contribution is 2.25. The normalized spacial score (nSPS) is 12.4. The fourth-order valence-corrected chi connectivity index (χ4v) is 2.00. The van der Waals surface area contributed by atoms with Crippen molar-refractivity contribution in [2.24, 2.45) is 0 Å². The molecule has 1 rings (SSSR count). The van der Waals surface area contributed by atoms with Gasteiger partial charge in [-0.05, 0) is 30.7 Å². The molecule has 0 aliphatic heterocycles. The van der Waals surface area contributed by atoms with Crippen molar-refractivity contribution in [2.45, 2.75) is 39.3 Å². The molecular formula is C16H26ClNO3. The first-order chi connectivity index (χ1) is 10.2. The van der Waals surface area contributed by atoms with Gasteiger partial charge >= 0.3 is 0 Å². The Bertz CT molecular complexity index is 401. The topological polar surface area (TPSA) is 50.7 Å². The summed E-state index contributed by atoms with van der Waals surface area (Å²) in [6.45, 7) is 7.00. The number of hydrogen-bond acceptors (Lipinski definition) is 4. The van der Waals surface area contributed by atoms with Crippen molar-refractivity contribution in [3.8, 4) is 5.75 Å². The minimum Gasteiger partial charge on any atom is -0.489 e. The van der Waals surface area contributed by atoms with E-state index in [1.165, 1.54) is 0 Å². The monoisotopic (exact) mass is 315 g/mol. The van der Waals surface area contributed by atoms with Gasteiger partial charge in [0.05, 0.1) is 11.6 Å². The molecule has 5 heteroatoms. The third-order valence-electron chi connectivity index (χ3n) is 2.96. The van der Waals surface area contributed by atoms with E-state index in [0.29, 0.717) is 17.4 Å². The van der Waals surface area contributed by atoms with E-state index in [1.54, 1.807) is 0 Å². The molecule has 0 amide bonds. The molecule has 120 valence electrons. The molecule has 0 aromatic heterocycles. The van der Waals surface area contributed by atoms with Crippen LogP contribution < -0.4 is 10.1 Å². The molecule has 0 radical (unpaired) electrons. The van der Waals surface area contributed by atoms with E-state index >= 15 is 0 Å². The number of ether oxygens (including phenoxy) is 2. The predicted octanol–water partition coefficient (Wildman–Crippen LogP) is 3.01. The van der Waals surface area contributed by atoms with E-state index in [-0.39, 0.29) is 13.2 Å². The van der Waals surface area contributed by atoms with Crippen molar-refractivity contribution in [3.63, 3.8) is 0 Å². The van der Waals surface area contributed by atoms with E-state index in [1.807, 2.05) is 18.2 Å². The minimum atomic E-state index is -0.639. The molecule has 4 nitrogen and oxygen atoms in total. The molecule has 0 saturated heterocycles. The Morgan fingerprint density at radius 1 is 1.29 bits per heavy atom. The highest BCUT2D eigenvalue weighted by molar-refractivity contribution is 6.32. The Morgan fingerprint density at radius 3 is 2.76 bits per heavy atom. The van der Waals surface area contributed by atoms with Gasteiger partial charge in [0.2, 0.25) is 0 Å². The predicted molar refractivity (Wildman–Crippen MR) is 86.1 cm³/mol. The Morgan fingerprint density at radius 2 is 2.10 bits per heavy atom. The van der Waals surface area contributed by atoms with Gasteiger partial charge in [-0.15, -0.1) is 0 Å². The fourth-order valence-electron chi connectivity index (χ4n) is 1.74. The van der Waals surface area contributed by atoms with Gasteiger partial charge in [-0.25, -0.2) is 0 Å². The van der Waals surface area contributed by atoms with Gasteiger partial charge < -0.3 is 19.9 Å². The van der Waals surface area contributed by atoms with Crippen molar-refractivity contribution in [1.82, 2.24) is 5.32 Å². The molecule has 0 saturated carbocycles. The largest absolute Gasteiger partial charge is 0.489 e. The van der Waals surface area contributed by atoms with E-state index in [4.69, 9.17) is 21.1 Å². The van der Waals surface area contributed by atoms with Crippen molar-refractivity contribution >= 4 is 11.6 Å². The van der Waals surface area contributed by atoms with E-state index in [0.717, 1.165) is 31.5 Å². The second-order valence-electron chi connectivity index (χ2n) is 4.94. The van der Waals surface area contributed by atoms with E-state index in [2.05, 4.69) is 19.2 Å². The van der Waals surface area contributed by atoms with E-state index in [9.17, 15) is 5.11 Å². The third-order valence-corrected chi connectivity index (χ3v) is 3.25. The van der Waals surface area contributed by atoms with Gasteiger partial charge in [-0.3, -0.25) is 0 Å². The lowest BCUT2D eigenvalue weighted by Crippen LogP contribution is -2.23. The molecule has 0 fully saturated rings. The first-order valence-corrected chi connectivity index (χ1v) is 7.92. The van der Waals surface area contributed by atoms with Gasteiger partial charge in [0.1, 0.15) is 18.5 Å². The average Bonchev–Trinajstić information content (AvgIpc) is 2.48. The van der Waals surface area contributed by atoms with Crippen molar-refractivity contribution in [3.05, 3.63) is 28.8 Å². The Hall–Kier alpha value is -0.810. The Balaban J connectivity index is 2.34. The standard InChI is InChI=1S/C16H26ClNO3/c1-3-5-8-20-11-14(19)12-21-16-7-6-13(9-15(16)17)10-18-4-2/h6-7,9,14,18-19H,3-5,8,10-12H2,1-2H3. The highest BCUT2D eigenvalue weighted by atomic mass is 35.5. The number of nitrogens with one attached hydrogen (secondary N) is 1. The van der Waals surface area contributed by atoms with Crippen molar-refractivity contribution < 1.29 is 14.6 Å². The summed E-state index contributed by atoms with van der Waals surface area (Å²) in [5.41, 5.74) is 1.11. The zero-order chi connectivity index (χ0) is 15.5. The quantitative estimate of drug-likeness (QED) is 0.616. The van der Waals surface area contributed by atoms with Crippen LogP contribution in [0.2, 0.25) is 5.02 Å². The second kappa shape index (κ2) is 10.9. The number of aliphatic hydroxyl groups is 1. The number of halogens is 1. The lowest BCUT2D eigenvalue weighted by Gasteiger charge is -2.14. The maximum atomic E-state index is 9.77. The maximum absolute atomic E-state index is 9.77. The van der Waals surface area contributed by atoms with Crippen LogP contribution in [-0.4, -0.2) is 37.6 Å². The van der Waals surface area contributed by atoms with E-state index < -0.39 is 6.10 Å². The zero-order valence-corrected chi connectivity index (χ0v) is 13.7. The van der Waals surface area contributed by atoms with Crippen LogP contribution in [0.1, 0.15) is 32.3 Å². The minimum absolute atomic E-state index is 0.179. The molecule has 0 bridgehead atoms. The molecule has 0 heterocycles. The molecule has 21 heavy (non-hydrogen) atoms. The van der Waals surface area contributed by atoms with Gasteiger partial charge in [-0.2, -0.15) is 0 Å². The van der Waals surface area contributed by atoms with Gasteiger partial charge in [0.15, 0.2) is 0 Å². The SMILES string of the molecule is CCCCOCC(O)COc1ccc(CNCC)cc1Cl. The van der Waals surface area contributed by atoms with Crippen LogP contribution in [0.3, 0.4) is 0 Å². The first-order valence-electron chi connectivity index (χ1n) is 7.55. The lowest BCUT2D eigenvalue weighted by atomic mass is 10.2. The number of rotatable bonds is 11. The molecule has 0 aliphatic rings. The highest BCUT2D eigenvalue weighted by Gasteiger charge is 2.08. The molecule has 1 unspecified atom stereocenters. The van der Waals surface area contributed by atoms with Crippen LogP contribution in [-0.2, 0) is 11.3 Å². The summed E-state index contributed by atoms with van der Waals surface area (Å²) < 4.78 is 10.9. The van der Waals surface area contributed by atoms with Gasteiger partial charge in [-0.1, -0.05) is 37.9 Å². The van der Waals surface area contributed by atoms with Crippen molar-refractivity contribution in [2.75, 3.05) is 26.4 Å². The summed E-state index contributed by atoms with van der Waals surface area (Å²) in [5.74, 6) is 0.588. The Labute approximate surface area is 132 Å². The molecule has 1 aromatic carbocycles. The number of unbranched alkanes of at least 4 members (excludes halogenated alkanes) is 1. The number of hydrogen-bond donors (Lipinski definition) is 2. The average molecular weight is 316 g/mol. The molecule has 2 N–H and O–H groups in total. The summed E-state index contributed by atoms with van der Waals surface area (Å²) >= 11 is 6.17. The van der Waals surface area contributed by atoms with Gasteiger partial charge in [0.25, 0.3) is 0 Å². The summed E-state index contributed by atoms with van der Waals surface area (Å²) in [7, 11) is 0. The number of aliphatic hydroxyl groups excluding tert-OH is 1. The van der Waals surface area contributed by atoms with Crippen LogP contribution in [0, 0.1) is 0 Å². The fraction of sp³-hybridized carbons (Fsp3) is 0.625. The lowest BCUT2D eigenvalue weighted by molar-refractivity contribution is 0.0113. The third kappa shape index (κ3) is 7.67. The smallest absolute Gasteiger partial charge is 0.138 e. The zero-order valence-electron chi connectivity index (χ0n) is 12.9. The molecule has 1 aromatic rings. The summed E-state index contributed by atoms with van der Waals surface area (Å²) in [6.07, 6.45) is 1.45. The second-order valence-corrected chi connectivity index (χ2v) is 5.35. The van der Waals surface area contributed by atoms with Crippen LogP contribution in [0.5, 0.6) is 5.75 Å².